The predicted octanol–water partition coefficient (Wildman–Crippen LogP) is 3.82. The Labute approximate surface area is 145 Å². The van der Waals surface area contributed by atoms with E-state index in [-0.39, 0.29) is 0 Å². The van der Waals surface area contributed by atoms with Gasteiger partial charge in [0.2, 0.25) is 5.16 Å². The summed E-state index contributed by atoms with van der Waals surface area (Å²) in [5.41, 5.74) is 2.26. The Kier molecular flexibility index (Phi) is 5.38. The van der Waals surface area contributed by atoms with Crippen LogP contribution >= 0.6 is 11.8 Å². The highest BCUT2D eigenvalue weighted by atomic mass is 32.2. The SMILES string of the molecule is COc1ccc(CCSc2n[nH]c(-c3ccc(OC)cc3)n2)cc1. The van der Waals surface area contributed by atoms with Crippen molar-refractivity contribution in [2.75, 3.05) is 20.0 Å². The predicted molar refractivity (Wildman–Crippen MR) is 95.8 cm³/mol. The third-order valence-electron chi connectivity index (χ3n) is 3.61. The van der Waals surface area contributed by atoms with Gasteiger partial charge in [0.25, 0.3) is 0 Å². The number of hydrogen-bond acceptors (Lipinski definition) is 5. The van der Waals surface area contributed by atoms with Crippen molar-refractivity contribution in [3.05, 3.63) is 54.1 Å². The average molecular weight is 341 g/mol. The summed E-state index contributed by atoms with van der Waals surface area (Å²) >= 11 is 1.64. The van der Waals surface area contributed by atoms with Gasteiger partial charge < -0.3 is 9.47 Å². The molecule has 1 N–H and O–H groups in total. The first-order chi connectivity index (χ1) is 11.8. The number of aryl methyl sites for hydroxylation is 1. The van der Waals surface area contributed by atoms with Gasteiger partial charge >= 0.3 is 0 Å². The normalized spacial score (nSPS) is 10.6. The van der Waals surface area contributed by atoms with Gasteiger partial charge in [-0.1, -0.05) is 23.9 Å². The maximum absolute atomic E-state index is 5.17. The van der Waals surface area contributed by atoms with Crippen LogP contribution in [0.2, 0.25) is 0 Å². The Bertz CT molecular complexity index is 770. The lowest BCUT2D eigenvalue weighted by molar-refractivity contribution is 0.414. The van der Waals surface area contributed by atoms with E-state index in [0.29, 0.717) is 0 Å². The molecule has 0 saturated heterocycles. The molecule has 2 aromatic carbocycles. The molecule has 0 atom stereocenters. The first-order valence-electron chi connectivity index (χ1n) is 7.61. The number of H-pyrrole nitrogens is 1. The molecule has 0 radical (unpaired) electrons. The summed E-state index contributed by atoms with van der Waals surface area (Å²) in [6.45, 7) is 0. The van der Waals surface area contributed by atoms with Crippen molar-refractivity contribution >= 4 is 11.8 Å². The molecule has 0 spiro atoms. The number of benzene rings is 2. The molecule has 5 nitrogen and oxygen atoms in total. The van der Waals surface area contributed by atoms with Crippen LogP contribution in [0.15, 0.2) is 53.7 Å². The highest BCUT2D eigenvalue weighted by molar-refractivity contribution is 7.99. The number of ether oxygens (including phenoxy) is 2. The van der Waals surface area contributed by atoms with E-state index in [2.05, 4.69) is 27.3 Å². The van der Waals surface area contributed by atoms with E-state index in [4.69, 9.17) is 9.47 Å². The molecular formula is C18H19N3O2S. The van der Waals surface area contributed by atoms with Crippen molar-refractivity contribution in [2.45, 2.75) is 11.6 Å². The molecule has 0 bridgehead atoms. The van der Waals surface area contributed by atoms with E-state index in [9.17, 15) is 0 Å². The monoisotopic (exact) mass is 341 g/mol. The van der Waals surface area contributed by atoms with Gasteiger partial charge in [0.15, 0.2) is 5.82 Å². The molecule has 0 fully saturated rings. The molecule has 3 rings (SSSR count). The third-order valence-corrected chi connectivity index (χ3v) is 4.46. The lowest BCUT2D eigenvalue weighted by atomic mass is 10.2. The van der Waals surface area contributed by atoms with Crippen molar-refractivity contribution in [1.29, 1.82) is 0 Å². The van der Waals surface area contributed by atoms with E-state index >= 15 is 0 Å². The summed E-state index contributed by atoms with van der Waals surface area (Å²) in [5.74, 6) is 3.40. The maximum Gasteiger partial charge on any atom is 0.208 e. The Morgan fingerprint density at radius 1 is 0.917 bits per heavy atom. The minimum Gasteiger partial charge on any atom is -0.497 e. The second-order valence-corrected chi connectivity index (χ2v) is 6.20. The number of rotatable bonds is 7. The van der Waals surface area contributed by atoms with Gasteiger partial charge in [-0.15, -0.1) is 5.10 Å². The third kappa shape index (κ3) is 4.08. The van der Waals surface area contributed by atoms with E-state index in [1.165, 1.54) is 5.56 Å². The molecule has 3 aromatic rings. The fraction of sp³-hybridized carbons (Fsp3) is 0.222. The molecule has 124 valence electrons. The van der Waals surface area contributed by atoms with Crippen LogP contribution < -0.4 is 9.47 Å². The molecule has 1 aromatic heterocycles. The molecule has 24 heavy (non-hydrogen) atoms. The van der Waals surface area contributed by atoms with Gasteiger partial charge in [0.05, 0.1) is 14.2 Å². The number of hydrogen-bond donors (Lipinski definition) is 1. The second kappa shape index (κ2) is 7.88. The molecule has 0 saturated carbocycles. The number of nitrogens with one attached hydrogen (secondary N) is 1. The average Bonchev–Trinajstić information content (AvgIpc) is 3.11. The Morgan fingerprint density at radius 3 is 2.17 bits per heavy atom. The van der Waals surface area contributed by atoms with Gasteiger partial charge in [0, 0.05) is 11.3 Å². The zero-order chi connectivity index (χ0) is 16.8. The summed E-state index contributed by atoms with van der Waals surface area (Å²) in [6.07, 6.45) is 0.959. The first-order valence-corrected chi connectivity index (χ1v) is 8.59. The van der Waals surface area contributed by atoms with Gasteiger partial charge in [0.1, 0.15) is 11.5 Å². The molecule has 0 aliphatic rings. The van der Waals surface area contributed by atoms with Crippen molar-refractivity contribution in [3.8, 4) is 22.9 Å². The standard InChI is InChI=1S/C18H19N3O2S/c1-22-15-7-3-13(4-8-15)11-12-24-18-19-17(20-21-18)14-5-9-16(23-2)10-6-14/h3-10H,11-12H2,1-2H3,(H,19,20,21). The van der Waals surface area contributed by atoms with Gasteiger partial charge in [-0.3, -0.25) is 5.10 Å². The van der Waals surface area contributed by atoms with Crippen LogP contribution in [-0.2, 0) is 6.42 Å². The van der Waals surface area contributed by atoms with Gasteiger partial charge in [-0.05, 0) is 48.4 Å². The number of methoxy groups -OCH3 is 2. The molecule has 0 amide bonds. The number of thioether (sulfide) groups is 1. The number of nitrogens with zero attached hydrogens (tertiary/aromatic N) is 2. The van der Waals surface area contributed by atoms with Crippen molar-refractivity contribution in [3.63, 3.8) is 0 Å². The van der Waals surface area contributed by atoms with Crippen LogP contribution in [0.3, 0.4) is 0 Å². The van der Waals surface area contributed by atoms with Crippen LogP contribution in [0.25, 0.3) is 11.4 Å². The second-order valence-electron chi connectivity index (χ2n) is 5.14. The zero-order valence-electron chi connectivity index (χ0n) is 13.7. The largest absolute Gasteiger partial charge is 0.497 e. The van der Waals surface area contributed by atoms with Crippen LogP contribution in [0, 0.1) is 0 Å². The Morgan fingerprint density at radius 2 is 1.54 bits per heavy atom. The topological polar surface area (TPSA) is 60.0 Å². The fourth-order valence-electron chi connectivity index (χ4n) is 2.24. The first kappa shape index (κ1) is 16.4. The lowest BCUT2D eigenvalue weighted by Crippen LogP contribution is -1.90. The summed E-state index contributed by atoms with van der Waals surface area (Å²) in [7, 11) is 3.33. The minimum atomic E-state index is 0.759. The van der Waals surface area contributed by atoms with Gasteiger partial charge in [-0.2, -0.15) is 0 Å². The van der Waals surface area contributed by atoms with E-state index in [1.54, 1.807) is 26.0 Å². The molecule has 0 unspecified atom stereocenters. The quantitative estimate of drug-likeness (QED) is 0.662. The molecule has 1 heterocycles. The Hall–Kier alpha value is -2.47. The molecule has 0 aliphatic carbocycles. The summed E-state index contributed by atoms with van der Waals surface area (Å²) < 4.78 is 10.3. The summed E-state index contributed by atoms with van der Waals surface area (Å²) in [5, 5.41) is 8.01. The number of aromatic amines is 1. The zero-order valence-corrected chi connectivity index (χ0v) is 14.5. The van der Waals surface area contributed by atoms with Crippen LogP contribution in [0.1, 0.15) is 5.56 Å². The lowest BCUT2D eigenvalue weighted by Gasteiger charge is -2.02. The van der Waals surface area contributed by atoms with Gasteiger partial charge in [-0.25, -0.2) is 4.98 Å². The smallest absolute Gasteiger partial charge is 0.208 e. The molecule has 0 aliphatic heterocycles. The fourth-order valence-corrected chi connectivity index (χ4v) is 3.03. The molecular weight excluding hydrogens is 322 g/mol. The maximum atomic E-state index is 5.17. The van der Waals surface area contributed by atoms with Crippen LogP contribution in [0.5, 0.6) is 11.5 Å². The van der Waals surface area contributed by atoms with Crippen molar-refractivity contribution in [1.82, 2.24) is 15.2 Å². The molecule has 6 heteroatoms. The van der Waals surface area contributed by atoms with Crippen LogP contribution in [-0.4, -0.2) is 35.2 Å². The highest BCUT2D eigenvalue weighted by Crippen LogP contribution is 2.22. The highest BCUT2D eigenvalue weighted by Gasteiger charge is 2.06. The summed E-state index contributed by atoms with van der Waals surface area (Å²) in [6, 6.07) is 15.9. The van der Waals surface area contributed by atoms with Crippen molar-refractivity contribution in [2.24, 2.45) is 0 Å². The number of aromatic nitrogens is 3. The van der Waals surface area contributed by atoms with E-state index in [1.807, 2.05) is 36.4 Å². The van der Waals surface area contributed by atoms with Crippen LogP contribution in [0.4, 0.5) is 0 Å². The summed E-state index contributed by atoms with van der Waals surface area (Å²) in [4.78, 5) is 4.53. The van der Waals surface area contributed by atoms with E-state index < -0.39 is 0 Å². The van der Waals surface area contributed by atoms with Crippen molar-refractivity contribution < 1.29 is 9.47 Å². The minimum absolute atomic E-state index is 0.759. The Balaban J connectivity index is 1.55. The van der Waals surface area contributed by atoms with E-state index in [0.717, 1.165) is 40.2 Å².